The lowest BCUT2D eigenvalue weighted by atomic mass is 9.63. The number of allylic oxidation sites excluding steroid dienone is 1. The van der Waals surface area contributed by atoms with Crippen LogP contribution < -0.4 is 0 Å². The van der Waals surface area contributed by atoms with Crippen LogP contribution in [0.1, 0.15) is 33.6 Å². The van der Waals surface area contributed by atoms with Gasteiger partial charge in [0.05, 0.1) is 12.4 Å². The average Bonchev–Trinajstić information content (AvgIpc) is 2.81. The van der Waals surface area contributed by atoms with Crippen LogP contribution in [0.4, 0.5) is 0 Å². The number of aromatic nitrogens is 2. The van der Waals surface area contributed by atoms with Crippen LogP contribution in [0.25, 0.3) is 0 Å². The quantitative estimate of drug-likeness (QED) is 0.776. The van der Waals surface area contributed by atoms with Crippen molar-refractivity contribution in [3.63, 3.8) is 0 Å². The summed E-state index contributed by atoms with van der Waals surface area (Å²) in [5.74, 6) is 1.01. The van der Waals surface area contributed by atoms with Crippen molar-refractivity contribution in [1.82, 2.24) is 9.55 Å². The second-order valence-electron chi connectivity index (χ2n) is 6.56. The van der Waals surface area contributed by atoms with Crippen LogP contribution in [0.2, 0.25) is 0 Å². The molecule has 3 heteroatoms. The first kappa shape index (κ1) is 14.3. The predicted octanol–water partition coefficient (Wildman–Crippen LogP) is 3.53. The van der Waals surface area contributed by atoms with Gasteiger partial charge in [-0.2, -0.15) is 0 Å². The molecule has 0 spiro atoms. The van der Waals surface area contributed by atoms with E-state index in [0.29, 0.717) is 11.8 Å². The van der Waals surface area contributed by atoms with Gasteiger partial charge in [0.1, 0.15) is 0 Å². The van der Waals surface area contributed by atoms with Crippen molar-refractivity contribution in [1.29, 1.82) is 0 Å². The van der Waals surface area contributed by atoms with Crippen LogP contribution in [0, 0.1) is 17.3 Å². The fourth-order valence-electron chi connectivity index (χ4n) is 3.64. The van der Waals surface area contributed by atoms with Crippen molar-refractivity contribution in [2.24, 2.45) is 17.3 Å². The number of ether oxygens (including phenoxy) is 1. The summed E-state index contributed by atoms with van der Waals surface area (Å²) in [5.41, 5.74) is 1.51. The maximum absolute atomic E-state index is 5.87. The Morgan fingerprint density at radius 2 is 2.26 bits per heavy atom. The minimum absolute atomic E-state index is 0.228. The lowest BCUT2D eigenvalue weighted by Crippen LogP contribution is -2.47. The number of nitrogens with zero attached hydrogens (tertiary/aromatic N) is 2. The predicted molar refractivity (Wildman–Crippen MR) is 77.8 cm³/mol. The lowest BCUT2D eigenvalue weighted by molar-refractivity contribution is -0.0836. The molecule has 1 aliphatic carbocycles. The van der Waals surface area contributed by atoms with Gasteiger partial charge in [-0.25, -0.2) is 4.98 Å². The fourth-order valence-corrected chi connectivity index (χ4v) is 3.64. The molecule has 1 aromatic heterocycles. The van der Waals surface area contributed by atoms with Gasteiger partial charge in [0, 0.05) is 32.0 Å². The molecule has 0 unspecified atom stereocenters. The number of imidazole rings is 1. The van der Waals surface area contributed by atoms with E-state index in [1.54, 1.807) is 0 Å². The molecule has 0 amide bonds. The third-order valence-corrected chi connectivity index (χ3v) is 4.64. The standard InChI is InChI=1S/C16H26N2O/c1-12(2)13-6-7-16(3,4)15(19-5)14(13)10-18-9-8-17-11-18/h8-9,11,13-15H,1,6-7,10H2,2-5H3/t13-,14+,15-/m1/s1. The molecule has 0 N–H and O–H groups in total. The molecule has 0 aliphatic heterocycles. The molecule has 0 bridgehead atoms. The molecule has 1 saturated carbocycles. The molecule has 19 heavy (non-hydrogen) atoms. The van der Waals surface area contributed by atoms with Gasteiger partial charge in [0.25, 0.3) is 0 Å². The van der Waals surface area contributed by atoms with E-state index in [4.69, 9.17) is 4.74 Å². The van der Waals surface area contributed by atoms with Crippen LogP contribution in [0.5, 0.6) is 0 Å². The number of hydrogen-bond donors (Lipinski definition) is 0. The first-order valence-electron chi connectivity index (χ1n) is 7.09. The van der Waals surface area contributed by atoms with Crippen LogP contribution in [0.3, 0.4) is 0 Å². The van der Waals surface area contributed by atoms with Gasteiger partial charge < -0.3 is 9.30 Å². The van der Waals surface area contributed by atoms with E-state index in [0.717, 1.165) is 6.54 Å². The van der Waals surface area contributed by atoms with E-state index in [9.17, 15) is 0 Å². The molecule has 1 heterocycles. The first-order chi connectivity index (χ1) is 8.95. The highest BCUT2D eigenvalue weighted by atomic mass is 16.5. The normalized spacial score (nSPS) is 30.2. The van der Waals surface area contributed by atoms with Gasteiger partial charge >= 0.3 is 0 Å². The topological polar surface area (TPSA) is 27.1 Å². The molecule has 1 aromatic rings. The Bertz CT molecular complexity index is 422. The molecule has 0 radical (unpaired) electrons. The Morgan fingerprint density at radius 1 is 1.53 bits per heavy atom. The van der Waals surface area contributed by atoms with E-state index in [1.165, 1.54) is 18.4 Å². The smallest absolute Gasteiger partial charge is 0.0946 e. The number of methoxy groups -OCH3 is 1. The van der Waals surface area contributed by atoms with Crippen LogP contribution in [-0.4, -0.2) is 22.8 Å². The van der Waals surface area contributed by atoms with Crippen molar-refractivity contribution in [2.75, 3.05) is 7.11 Å². The summed E-state index contributed by atoms with van der Waals surface area (Å²) in [7, 11) is 1.84. The maximum atomic E-state index is 5.87. The summed E-state index contributed by atoms with van der Waals surface area (Å²) < 4.78 is 8.03. The molecular weight excluding hydrogens is 236 g/mol. The number of rotatable bonds is 4. The molecule has 3 nitrogen and oxygen atoms in total. The van der Waals surface area contributed by atoms with Crippen molar-refractivity contribution in [3.05, 3.63) is 30.9 Å². The van der Waals surface area contributed by atoms with E-state index >= 15 is 0 Å². The van der Waals surface area contributed by atoms with Gasteiger partial charge in [-0.1, -0.05) is 26.0 Å². The minimum Gasteiger partial charge on any atom is -0.381 e. The summed E-state index contributed by atoms with van der Waals surface area (Å²) in [6.45, 7) is 11.9. The Morgan fingerprint density at radius 3 is 2.79 bits per heavy atom. The second kappa shape index (κ2) is 5.49. The fraction of sp³-hybridized carbons (Fsp3) is 0.688. The summed E-state index contributed by atoms with van der Waals surface area (Å²) in [5, 5.41) is 0. The Labute approximate surface area is 116 Å². The van der Waals surface area contributed by atoms with E-state index in [1.807, 2.05) is 25.8 Å². The number of hydrogen-bond acceptors (Lipinski definition) is 2. The van der Waals surface area contributed by atoms with E-state index in [2.05, 4.69) is 36.9 Å². The third-order valence-electron chi connectivity index (χ3n) is 4.64. The Kier molecular flexibility index (Phi) is 4.14. The molecule has 1 aliphatic rings. The zero-order valence-electron chi connectivity index (χ0n) is 12.6. The van der Waals surface area contributed by atoms with Gasteiger partial charge in [-0.15, -0.1) is 0 Å². The monoisotopic (exact) mass is 262 g/mol. The van der Waals surface area contributed by atoms with Crippen molar-refractivity contribution >= 4 is 0 Å². The molecular formula is C16H26N2O. The SMILES string of the molecule is C=C(C)[C@H]1CCC(C)(C)[C@H](OC)[C@H]1Cn1ccnc1. The molecule has 2 rings (SSSR count). The van der Waals surface area contributed by atoms with Gasteiger partial charge in [0.2, 0.25) is 0 Å². The average molecular weight is 262 g/mol. The summed E-state index contributed by atoms with van der Waals surface area (Å²) in [4.78, 5) is 4.14. The summed E-state index contributed by atoms with van der Waals surface area (Å²) in [6, 6.07) is 0. The Balaban J connectivity index is 2.26. The molecule has 3 atom stereocenters. The molecule has 1 fully saturated rings. The van der Waals surface area contributed by atoms with Crippen molar-refractivity contribution in [2.45, 2.75) is 46.3 Å². The van der Waals surface area contributed by atoms with Crippen LogP contribution in [0.15, 0.2) is 30.9 Å². The second-order valence-corrected chi connectivity index (χ2v) is 6.56. The highest BCUT2D eigenvalue weighted by molar-refractivity contribution is 5.06. The maximum Gasteiger partial charge on any atom is 0.0946 e. The van der Waals surface area contributed by atoms with Crippen molar-refractivity contribution in [3.8, 4) is 0 Å². The van der Waals surface area contributed by atoms with Crippen LogP contribution >= 0.6 is 0 Å². The molecule has 0 aromatic carbocycles. The van der Waals surface area contributed by atoms with E-state index in [-0.39, 0.29) is 11.5 Å². The zero-order chi connectivity index (χ0) is 14.0. The lowest BCUT2D eigenvalue weighted by Gasteiger charge is -2.47. The molecule has 0 saturated heterocycles. The van der Waals surface area contributed by atoms with Crippen molar-refractivity contribution < 1.29 is 4.74 Å². The largest absolute Gasteiger partial charge is 0.381 e. The van der Waals surface area contributed by atoms with Gasteiger partial charge in [-0.05, 0) is 31.1 Å². The zero-order valence-corrected chi connectivity index (χ0v) is 12.6. The van der Waals surface area contributed by atoms with E-state index < -0.39 is 0 Å². The summed E-state index contributed by atoms with van der Waals surface area (Å²) in [6.07, 6.45) is 8.44. The highest BCUT2D eigenvalue weighted by Gasteiger charge is 2.44. The van der Waals surface area contributed by atoms with Crippen LogP contribution in [-0.2, 0) is 11.3 Å². The van der Waals surface area contributed by atoms with Gasteiger partial charge in [0.15, 0.2) is 0 Å². The summed E-state index contributed by atoms with van der Waals surface area (Å²) >= 11 is 0. The minimum atomic E-state index is 0.228. The Hall–Kier alpha value is -1.09. The first-order valence-corrected chi connectivity index (χ1v) is 7.09. The molecule has 106 valence electrons. The third kappa shape index (κ3) is 2.92. The highest BCUT2D eigenvalue weighted by Crippen LogP contribution is 2.46. The van der Waals surface area contributed by atoms with Gasteiger partial charge in [-0.3, -0.25) is 0 Å².